The number of piperidine rings is 1. The number of nitrogens with zero attached hydrogens (tertiary/aromatic N) is 1. The van der Waals surface area contributed by atoms with Gasteiger partial charge in [0.25, 0.3) is 0 Å². The quantitative estimate of drug-likeness (QED) is 0.794. The smallest absolute Gasteiger partial charge is 0.225 e. The van der Waals surface area contributed by atoms with Gasteiger partial charge in [-0.3, -0.25) is 4.79 Å². The van der Waals surface area contributed by atoms with Crippen LogP contribution < -0.4 is 5.32 Å². The van der Waals surface area contributed by atoms with Crippen LogP contribution in [0.3, 0.4) is 0 Å². The van der Waals surface area contributed by atoms with E-state index < -0.39 is 0 Å². The first-order chi connectivity index (χ1) is 7.50. The van der Waals surface area contributed by atoms with Gasteiger partial charge in [0.05, 0.1) is 0 Å². The van der Waals surface area contributed by atoms with Gasteiger partial charge < -0.3 is 10.2 Å². The summed E-state index contributed by atoms with van der Waals surface area (Å²) in [6.45, 7) is 11.3. The molecule has 16 heavy (non-hydrogen) atoms. The largest absolute Gasteiger partial charge is 0.341 e. The normalized spacial score (nSPS) is 21.9. The van der Waals surface area contributed by atoms with E-state index in [0.29, 0.717) is 17.9 Å². The predicted octanol–water partition coefficient (Wildman–Crippen LogP) is 1.88. The van der Waals surface area contributed by atoms with Crippen molar-refractivity contribution in [3.8, 4) is 0 Å². The molecule has 3 heteroatoms. The third-order valence-electron chi connectivity index (χ3n) is 3.04. The van der Waals surface area contributed by atoms with Crippen LogP contribution in [0, 0.1) is 11.8 Å². The summed E-state index contributed by atoms with van der Waals surface area (Å²) < 4.78 is 0. The van der Waals surface area contributed by atoms with Crippen molar-refractivity contribution in [2.45, 2.75) is 46.6 Å². The predicted molar refractivity (Wildman–Crippen MR) is 67.3 cm³/mol. The monoisotopic (exact) mass is 226 g/mol. The van der Waals surface area contributed by atoms with E-state index in [4.69, 9.17) is 0 Å². The van der Waals surface area contributed by atoms with Gasteiger partial charge in [-0.25, -0.2) is 0 Å². The summed E-state index contributed by atoms with van der Waals surface area (Å²) in [5.74, 6) is 1.11. The van der Waals surface area contributed by atoms with Crippen molar-refractivity contribution in [3.05, 3.63) is 0 Å². The summed E-state index contributed by atoms with van der Waals surface area (Å²) in [5, 5.41) is 3.55. The Morgan fingerprint density at radius 1 is 1.38 bits per heavy atom. The molecule has 1 unspecified atom stereocenters. The zero-order valence-corrected chi connectivity index (χ0v) is 11.1. The average Bonchev–Trinajstić information content (AvgIpc) is 2.25. The van der Waals surface area contributed by atoms with Crippen molar-refractivity contribution < 1.29 is 4.79 Å². The molecule has 1 amide bonds. The second-order valence-electron chi connectivity index (χ2n) is 5.58. The van der Waals surface area contributed by atoms with Gasteiger partial charge in [-0.15, -0.1) is 0 Å². The SMILES string of the molecule is CC(C)CNC1CCCN(C(=O)C(C)C)C1. The highest BCUT2D eigenvalue weighted by Gasteiger charge is 2.24. The second kappa shape index (κ2) is 6.24. The van der Waals surface area contributed by atoms with Crippen molar-refractivity contribution in [3.63, 3.8) is 0 Å². The zero-order chi connectivity index (χ0) is 12.1. The van der Waals surface area contributed by atoms with Gasteiger partial charge in [0, 0.05) is 25.0 Å². The fourth-order valence-corrected chi connectivity index (χ4v) is 2.11. The molecule has 0 aromatic carbocycles. The molecule has 1 rings (SSSR count). The Morgan fingerprint density at radius 3 is 2.62 bits per heavy atom. The number of hydrogen-bond donors (Lipinski definition) is 1. The van der Waals surface area contributed by atoms with Crippen LogP contribution in [0.25, 0.3) is 0 Å². The van der Waals surface area contributed by atoms with Crippen LogP contribution in [-0.2, 0) is 4.79 Å². The first-order valence-electron chi connectivity index (χ1n) is 6.53. The Kier molecular flexibility index (Phi) is 5.26. The number of rotatable bonds is 4. The maximum absolute atomic E-state index is 11.9. The summed E-state index contributed by atoms with van der Waals surface area (Å²) in [6.07, 6.45) is 2.34. The molecule has 0 aliphatic carbocycles. The number of carbonyl (C=O) groups is 1. The zero-order valence-electron chi connectivity index (χ0n) is 11.1. The molecule has 1 aliphatic heterocycles. The molecule has 0 spiro atoms. The van der Waals surface area contributed by atoms with E-state index in [1.54, 1.807) is 0 Å². The fraction of sp³-hybridized carbons (Fsp3) is 0.923. The van der Waals surface area contributed by atoms with Crippen LogP contribution in [0.5, 0.6) is 0 Å². The van der Waals surface area contributed by atoms with E-state index in [1.165, 1.54) is 6.42 Å². The van der Waals surface area contributed by atoms with Crippen LogP contribution in [-0.4, -0.2) is 36.5 Å². The van der Waals surface area contributed by atoms with E-state index in [1.807, 2.05) is 18.7 Å². The van der Waals surface area contributed by atoms with Crippen LogP contribution in [0.2, 0.25) is 0 Å². The van der Waals surface area contributed by atoms with Crippen LogP contribution in [0.1, 0.15) is 40.5 Å². The van der Waals surface area contributed by atoms with Crippen LogP contribution in [0.4, 0.5) is 0 Å². The van der Waals surface area contributed by atoms with Gasteiger partial charge in [0.15, 0.2) is 0 Å². The van der Waals surface area contributed by atoms with Crippen molar-refractivity contribution in [2.75, 3.05) is 19.6 Å². The molecule has 1 aliphatic rings. The lowest BCUT2D eigenvalue weighted by Crippen LogP contribution is -2.49. The lowest BCUT2D eigenvalue weighted by atomic mass is 10.0. The Labute approximate surface area is 99.6 Å². The van der Waals surface area contributed by atoms with E-state index in [9.17, 15) is 4.79 Å². The first kappa shape index (κ1) is 13.5. The number of amides is 1. The Hall–Kier alpha value is -0.570. The van der Waals surface area contributed by atoms with Crippen LogP contribution >= 0.6 is 0 Å². The molecule has 0 aromatic rings. The van der Waals surface area contributed by atoms with Crippen molar-refractivity contribution >= 4 is 5.91 Å². The molecule has 1 atom stereocenters. The molecule has 1 fully saturated rings. The molecule has 94 valence electrons. The summed E-state index contributed by atoms with van der Waals surface area (Å²) in [7, 11) is 0. The molecule has 0 bridgehead atoms. The summed E-state index contributed by atoms with van der Waals surface area (Å²) >= 11 is 0. The van der Waals surface area contributed by atoms with Crippen molar-refractivity contribution in [1.82, 2.24) is 10.2 Å². The number of hydrogen-bond acceptors (Lipinski definition) is 2. The van der Waals surface area contributed by atoms with Gasteiger partial charge in [-0.2, -0.15) is 0 Å². The van der Waals surface area contributed by atoms with Gasteiger partial charge in [0.2, 0.25) is 5.91 Å². The maximum atomic E-state index is 11.9. The highest BCUT2D eigenvalue weighted by Crippen LogP contribution is 2.13. The second-order valence-corrected chi connectivity index (χ2v) is 5.58. The average molecular weight is 226 g/mol. The highest BCUT2D eigenvalue weighted by molar-refractivity contribution is 5.78. The Balaban J connectivity index is 2.38. The van der Waals surface area contributed by atoms with Crippen molar-refractivity contribution in [1.29, 1.82) is 0 Å². The van der Waals surface area contributed by atoms with Crippen LogP contribution in [0.15, 0.2) is 0 Å². The standard InChI is InChI=1S/C13H26N2O/c1-10(2)8-14-12-6-5-7-15(9-12)13(16)11(3)4/h10-12,14H,5-9H2,1-4H3. The van der Waals surface area contributed by atoms with Gasteiger partial charge in [0.1, 0.15) is 0 Å². The molecule has 0 aromatic heterocycles. The van der Waals surface area contributed by atoms with Gasteiger partial charge >= 0.3 is 0 Å². The number of likely N-dealkylation sites (tertiary alicyclic amines) is 1. The van der Waals surface area contributed by atoms with Gasteiger partial charge in [-0.05, 0) is 25.3 Å². The third-order valence-corrected chi connectivity index (χ3v) is 3.04. The maximum Gasteiger partial charge on any atom is 0.225 e. The third kappa shape index (κ3) is 4.12. The minimum absolute atomic E-state index is 0.129. The fourth-order valence-electron chi connectivity index (χ4n) is 2.11. The molecule has 3 nitrogen and oxygen atoms in total. The lowest BCUT2D eigenvalue weighted by Gasteiger charge is -2.34. The topological polar surface area (TPSA) is 32.3 Å². The molecular formula is C13H26N2O. The minimum Gasteiger partial charge on any atom is -0.341 e. The molecule has 1 saturated heterocycles. The highest BCUT2D eigenvalue weighted by atomic mass is 16.2. The van der Waals surface area contributed by atoms with Crippen molar-refractivity contribution in [2.24, 2.45) is 11.8 Å². The van der Waals surface area contributed by atoms with Gasteiger partial charge in [-0.1, -0.05) is 27.7 Å². The Bertz CT molecular complexity index is 226. The molecule has 0 radical (unpaired) electrons. The summed E-state index contributed by atoms with van der Waals surface area (Å²) in [4.78, 5) is 13.9. The molecule has 1 heterocycles. The van der Waals surface area contributed by atoms with E-state index in [-0.39, 0.29) is 5.92 Å². The minimum atomic E-state index is 0.129. The van der Waals surface area contributed by atoms with E-state index in [2.05, 4.69) is 19.2 Å². The summed E-state index contributed by atoms with van der Waals surface area (Å²) in [6, 6.07) is 0.499. The Morgan fingerprint density at radius 2 is 2.06 bits per heavy atom. The summed E-state index contributed by atoms with van der Waals surface area (Å²) in [5.41, 5.74) is 0. The van der Waals surface area contributed by atoms with E-state index >= 15 is 0 Å². The molecule has 0 saturated carbocycles. The number of carbonyl (C=O) groups excluding carboxylic acids is 1. The molecular weight excluding hydrogens is 200 g/mol. The lowest BCUT2D eigenvalue weighted by molar-refractivity contribution is -0.135. The number of nitrogens with one attached hydrogen (secondary N) is 1. The van der Waals surface area contributed by atoms with E-state index in [0.717, 1.165) is 26.1 Å². The first-order valence-corrected chi connectivity index (χ1v) is 6.53. The molecule has 1 N–H and O–H groups in total.